The van der Waals surface area contributed by atoms with Crippen LogP contribution in [0.4, 0.5) is 0 Å². The molecule has 0 saturated carbocycles. The van der Waals surface area contributed by atoms with E-state index in [1.54, 1.807) is 0 Å². The second kappa shape index (κ2) is 6.66. The van der Waals surface area contributed by atoms with Crippen molar-refractivity contribution in [2.75, 3.05) is 6.54 Å². The fourth-order valence-corrected chi connectivity index (χ4v) is 3.81. The summed E-state index contributed by atoms with van der Waals surface area (Å²) in [6, 6.07) is 10.2. The number of nitrogens with zero attached hydrogens (tertiary/aromatic N) is 3. The molecule has 0 atom stereocenters. The Labute approximate surface area is 156 Å². The summed E-state index contributed by atoms with van der Waals surface area (Å²) < 4.78 is 2.39. The highest BCUT2D eigenvalue weighted by atomic mass is 32.1. The van der Waals surface area contributed by atoms with Gasteiger partial charge < -0.3 is 4.98 Å². The van der Waals surface area contributed by atoms with Crippen LogP contribution in [0.25, 0.3) is 5.69 Å². The number of aryl methyl sites for hydroxylation is 1. The minimum Gasteiger partial charge on any atom is -0.335 e. The Hall–Kier alpha value is -2.51. The van der Waals surface area contributed by atoms with E-state index in [9.17, 15) is 4.79 Å². The second-order valence-electron chi connectivity index (χ2n) is 6.72. The van der Waals surface area contributed by atoms with Crippen LogP contribution < -0.4 is 5.56 Å². The molecule has 0 amide bonds. The minimum atomic E-state index is -0.0816. The third kappa shape index (κ3) is 3.04. The first kappa shape index (κ1) is 16.9. The Morgan fingerprint density at radius 1 is 1.19 bits per heavy atom. The molecule has 3 aromatic rings. The van der Waals surface area contributed by atoms with E-state index in [1.165, 1.54) is 5.56 Å². The average molecular weight is 367 g/mol. The van der Waals surface area contributed by atoms with Gasteiger partial charge in [-0.25, -0.2) is 4.68 Å². The predicted octanol–water partition coefficient (Wildman–Crippen LogP) is 2.79. The van der Waals surface area contributed by atoms with E-state index < -0.39 is 0 Å². The van der Waals surface area contributed by atoms with E-state index in [0.29, 0.717) is 11.3 Å². The van der Waals surface area contributed by atoms with Gasteiger partial charge in [-0.1, -0.05) is 18.2 Å². The molecule has 0 aliphatic carbocycles. The van der Waals surface area contributed by atoms with Crippen molar-refractivity contribution < 1.29 is 0 Å². The smallest absolute Gasteiger partial charge is 0.256 e. The molecule has 26 heavy (non-hydrogen) atoms. The third-order valence-electron chi connectivity index (χ3n) is 5.01. The first-order chi connectivity index (χ1) is 12.5. The average Bonchev–Trinajstić information content (AvgIpc) is 2.91. The van der Waals surface area contributed by atoms with Crippen molar-refractivity contribution in [3.63, 3.8) is 0 Å². The highest BCUT2D eigenvalue weighted by Gasteiger charge is 2.22. The number of para-hydroxylation sites is 1. The van der Waals surface area contributed by atoms with Gasteiger partial charge in [-0.15, -0.1) is 0 Å². The molecular formula is C19H21N5OS. The van der Waals surface area contributed by atoms with Crippen LogP contribution in [0.15, 0.2) is 35.1 Å². The van der Waals surface area contributed by atoms with Crippen LogP contribution in [-0.2, 0) is 19.5 Å². The van der Waals surface area contributed by atoms with Gasteiger partial charge in [0.2, 0.25) is 0 Å². The maximum absolute atomic E-state index is 12.2. The molecule has 0 saturated heterocycles. The molecule has 0 radical (unpaired) electrons. The fraction of sp³-hybridized carbons (Fsp3) is 0.316. The Bertz CT molecular complexity index is 1060. The van der Waals surface area contributed by atoms with Crippen molar-refractivity contribution in [2.24, 2.45) is 0 Å². The number of H-pyrrole nitrogens is 2. The summed E-state index contributed by atoms with van der Waals surface area (Å²) >= 11 is 5.07. The summed E-state index contributed by atoms with van der Waals surface area (Å²) in [5.41, 5.74) is 6.12. The molecule has 1 aliphatic heterocycles. The lowest BCUT2D eigenvalue weighted by molar-refractivity contribution is 0.240. The lowest BCUT2D eigenvalue weighted by Gasteiger charge is -2.27. The first-order valence-electron chi connectivity index (χ1n) is 8.70. The maximum atomic E-state index is 12.2. The second-order valence-corrected chi connectivity index (χ2v) is 7.13. The zero-order chi connectivity index (χ0) is 18.3. The van der Waals surface area contributed by atoms with Gasteiger partial charge in [-0.05, 0) is 38.2 Å². The van der Waals surface area contributed by atoms with Gasteiger partial charge >= 0.3 is 0 Å². The Kier molecular flexibility index (Phi) is 4.34. The molecule has 0 unspecified atom stereocenters. The van der Waals surface area contributed by atoms with Crippen LogP contribution in [0.5, 0.6) is 0 Å². The largest absolute Gasteiger partial charge is 0.335 e. The van der Waals surface area contributed by atoms with Crippen LogP contribution in [0.1, 0.15) is 28.2 Å². The molecule has 0 spiro atoms. The summed E-state index contributed by atoms with van der Waals surface area (Å²) in [4.78, 5) is 20.3. The van der Waals surface area contributed by atoms with Gasteiger partial charge in [0, 0.05) is 43.0 Å². The molecule has 0 bridgehead atoms. The number of benzene rings is 1. The molecule has 4 rings (SSSR count). The third-order valence-corrected chi connectivity index (χ3v) is 5.22. The highest BCUT2D eigenvalue weighted by Crippen LogP contribution is 2.22. The summed E-state index contributed by atoms with van der Waals surface area (Å²) in [5.74, 6) is 0. The summed E-state index contributed by atoms with van der Waals surface area (Å²) in [7, 11) is 0. The van der Waals surface area contributed by atoms with E-state index >= 15 is 0 Å². The number of aromatic nitrogens is 4. The zero-order valence-electron chi connectivity index (χ0n) is 14.9. The Morgan fingerprint density at radius 3 is 2.73 bits per heavy atom. The molecule has 6 nitrogen and oxygen atoms in total. The van der Waals surface area contributed by atoms with E-state index in [0.717, 1.165) is 47.8 Å². The first-order valence-corrected chi connectivity index (χ1v) is 9.11. The highest BCUT2D eigenvalue weighted by molar-refractivity contribution is 7.71. The topological polar surface area (TPSA) is 69.7 Å². The van der Waals surface area contributed by atoms with E-state index in [2.05, 4.69) is 33.9 Å². The van der Waals surface area contributed by atoms with Crippen molar-refractivity contribution in [3.05, 3.63) is 73.7 Å². The van der Waals surface area contributed by atoms with Crippen LogP contribution in [-0.4, -0.2) is 31.2 Å². The Balaban J connectivity index is 1.62. The lowest BCUT2D eigenvalue weighted by atomic mass is 10.1. The summed E-state index contributed by atoms with van der Waals surface area (Å²) in [6.45, 7) is 6.43. The fourth-order valence-electron chi connectivity index (χ4n) is 3.60. The van der Waals surface area contributed by atoms with E-state index in [1.807, 2.05) is 29.8 Å². The lowest BCUT2D eigenvalue weighted by Crippen LogP contribution is -2.35. The molecule has 7 heteroatoms. The number of hydrogen-bond acceptors (Lipinski definition) is 4. The molecule has 0 fully saturated rings. The molecule has 2 aromatic heterocycles. The van der Waals surface area contributed by atoms with Gasteiger partial charge in [-0.2, -0.15) is 5.10 Å². The molecule has 1 aliphatic rings. The van der Waals surface area contributed by atoms with Crippen LogP contribution >= 0.6 is 12.2 Å². The SMILES string of the molecule is Cc1nn(-c2ccccc2)c(C)c1CN1CCc2[nH]c(=S)[nH]c(=O)c2C1. The van der Waals surface area contributed by atoms with E-state index in [-0.39, 0.29) is 5.56 Å². The van der Waals surface area contributed by atoms with Gasteiger partial charge in [0.25, 0.3) is 5.56 Å². The van der Waals surface area contributed by atoms with Gasteiger partial charge in [0.1, 0.15) is 0 Å². The number of nitrogens with one attached hydrogen (secondary N) is 2. The van der Waals surface area contributed by atoms with Gasteiger partial charge in [0.15, 0.2) is 4.77 Å². The number of aromatic amines is 2. The predicted molar refractivity (Wildman–Crippen MR) is 103 cm³/mol. The standard InChI is InChI=1S/C19H21N5OS/c1-12-15(13(2)24(22-12)14-6-4-3-5-7-14)10-23-9-8-17-16(11-23)18(25)21-19(26)20-17/h3-7H,8-11H2,1-2H3,(H2,20,21,25,26). The normalized spacial score (nSPS) is 14.4. The Morgan fingerprint density at radius 2 is 1.96 bits per heavy atom. The quantitative estimate of drug-likeness (QED) is 0.699. The summed E-state index contributed by atoms with van der Waals surface area (Å²) in [6.07, 6.45) is 0.799. The van der Waals surface area contributed by atoms with Gasteiger partial charge in [0.05, 0.1) is 16.9 Å². The van der Waals surface area contributed by atoms with Crippen LogP contribution in [0.3, 0.4) is 0 Å². The summed E-state index contributed by atoms with van der Waals surface area (Å²) in [5, 5.41) is 4.72. The minimum absolute atomic E-state index is 0.0816. The molecule has 1 aromatic carbocycles. The van der Waals surface area contributed by atoms with Crippen molar-refractivity contribution in [2.45, 2.75) is 33.4 Å². The molecular weight excluding hydrogens is 346 g/mol. The van der Waals surface area contributed by atoms with Crippen molar-refractivity contribution in [1.29, 1.82) is 0 Å². The number of rotatable bonds is 3. The van der Waals surface area contributed by atoms with Crippen molar-refractivity contribution >= 4 is 12.2 Å². The maximum Gasteiger partial charge on any atom is 0.256 e. The zero-order valence-corrected chi connectivity index (χ0v) is 15.7. The van der Waals surface area contributed by atoms with E-state index in [4.69, 9.17) is 17.3 Å². The van der Waals surface area contributed by atoms with Crippen molar-refractivity contribution in [1.82, 2.24) is 24.6 Å². The number of fused-ring (bicyclic) bond motifs is 1. The molecule has 3 heterocycles. The van der Waals surface area contributed by atoms with Crippen LogP contribution in [0, 0.1) is 18.6 Å². The van der Waals surface area contributed by atoms with Gasteiger partial charge in [-0.3, -0.25) is 14.7 Å². The monoisotopic (exact) mass is 367 g/mol. The number of hydrogen-bond donors (Lipinski definition) is 2. The van der Waals surface area contributed by atoms with Crippen molar-refractivity contribution in [3.8, 4) is 5.69 Å². The molecule has 134 valence electrons. The van der Waals surface area contributed by atoms with Crippen LogP contribution in [0.2, 0.25) is 0 Å². The molecule has 2 N–H and O–H groups in total.